The molecule has 0 aromatic carbocycles. The number of nitrogens with two attached hydrogens (primary N) is 2. The van der Waals surface area contributed by atoms with Crippen molar-refractivity contribution in [3.63, 3.8) is 0 Å². The predicted octanol–water partition coefficient (Wildman–Crippen LogP) is 0.425. The van der Waals surface area contributed by atoms with E-state index >= 15 is 0 Å². The molecule has 78 valence electrons. The Bertz CT molecular complexity index is 164. The molecule has 0 atom stereocenters. The van der Waals surface area contributed by atoms with Crippen LogP contribution in [0.2, 0.25) is 19.1 Å². The van der Waals surface area contributed by atoms with Gasteiger partial charge in [0.2, 0.25) is 0 Å². The van der Waals surface area contributed by atoms with E-state index < -0.39 is 8.32 Å². The lowest BCUT2D eigenvalue weighted by Gasteiger charge is -2.21. The first kappa shape index (κ1) is 13.0. The smallest absolute Gasteiger partial charge is 0.299 e. The topological polar surface area (TPSA) is 60.8 Å². The Hall–Kier alpha value is -0.00312. The van der Waals surface area contributed by atoms with Crippen molar-refractivity contribution in [1.29, 1.82) is 0 Å². The highest BCUT2D eigenvalue weighted by molar-refractivity contribution is 8.13. The molecule has 0 aliphatic rings. The fourth-order valence-electron chi connectivity index (χ4n) is 1.15. The van der Waals surface area contributed by atoms with Gasteiger partial charge in [0.1, 0.15) is 0 Å². The molecule has 13 heavy (non-hydrogen) atoms. The van der Waals surface area contributed by atoms with Gasteiger partial charge in [-0.15, -0.1) is 0 Å². The number of amidine groups is 1. The normalized spacial score (nSPS) is 11.6. The Morgan fingerprint density at radius 2 is 2.15 bits per heavy atom. The zero-order valence-corrected chi connectivity index (χ0v) is 10.6. The maximum Gasteiger partial charge on any atom is 0.299 e. The summed E-state index contributed by atoms with van der Waals surface area (Å²) in [6.45, 7) is 7.38. The van der Waals surface area contributed by atoms with Crippen LogP contribution in [0, 0.1) is 0 Å². The molecular weight excluding hydrogens is 200 g/mol. The molecule has 0 heterocycles. The molecule has 0 aliphatic heterocycles. The van der Waals surface area contributed by atoms with Crippen LogP contribution in [0.25, 0.3) is 0 Å². The second-order valence-electron chi connectivity index (χ2n) is 3.55. The zero-order chi connectivity index (χ0) is 10.3. The van der Waals surface area contributed by atoms with Crippen molar-refractivity contribution >= 4 is 25.2 Å². The molecule has 0 saturated heterocycles. The molecule has 0 aromatic rings. The van der Waals surface area contributed by atoms with Crippen LogP contribution in [0.15, 0.2) is 0 Å². The molecule has 0 amide bonds. The first-order valence-corrected chi connectivity index (χ1v) is 8.72. The first-order valence-electron chi connectivity index (χ1n) is 4.62. The average molecular weight is 221 g/mol. The number of rotatable bonds is 6. The van der Waals surface area contributed by atoms with Gasteiger partial charge in [0.25, 0.3) is 5.17 Å². The molecule has 0 bridgehead atoms. The van der Waals surface area contributed by atoms with Crippen molar-refractivity contribution < 1.29 is 9.84 Å². The van der Waals surface area contributed by atoms with Gasteiger partial charge in [0.15, 0.2) is 8.32 Å². The van der Waals surface area contributed by atoms with Gasteiger partial charge in [-0.2, -0.15) is 0 Å². The molecule has 0 radical (unpaired) electrons. The molecule has 0 spiro atoms. The highest BCUT2D eigenvalue weighted by atomic mass is 32.2. The third-order valence-electron chi connectivity index (χ3n) is 1.73. The Kier molecular flexibility index (Phi) is 6.45. The zero-order valence-electron chi connectivity index (χ0n) is 8.80. The summed E-state index contributed by atoms with van der Waals surface area (Å²) in [5.41, 5.74) is 5.34. The molecule has 5 heteroatoms. The summed E-state index contributed by atoms with van der Waals surface area (Å²) in [4.78, 5) is 0. The molecule has 0 saturated carbocycles. The fraction of sp³-hybridized carbons (Fsp3) is 0.875. The standard InChI is InChI=1S/C8H20N2OSSi/c1-4-11-13(2,3)7-5-6-12-8(9)10/h4-7H2,1-3H3,(H3,9,10)/p+1. The van der Waals surface area contributed by atoms with Gasteiger partial charge >= 0.3 is 0 Å². The molecule has 0 aliphatic carbocycles. The Labute approximate surface area is 86.1 Å². The number of thioether (sulfide) groups is 1. The third kappa shape index (κ3) is 8.33. The van der Waals surface area contributed by atoms with E-state index in [1.165, 1.54) is 17.8 Å². The molecule has 0 aromatic heterocycles. The minimum Gasteiger partial charge on any atom is -0.418 e. The van der Waals surface area contributed by atoms with Gasteiger partial charge in [-0.05, 0) is 44.2 Å². The number of hydrogen-bond acceptors (Lipinski definition) is 2. The van der Waals surface area contributed by atoms with Gasteiger partial charge in [0, 0.05) is 12.4 Å². The fourth-order valence-corrected chi connectivity index (χ4v) is 3.89. The Morgan fingerprint density at radius 3 is 2.62 bits per heavy atom. The third-order valence-corrected chi connectivity index (χ3v) is 5.18. The van der Waals surface area contributed by atoms with E-state index in [4.69, 9.17) is 15.6 Å². The summed E-state index contributed by atoms with van der Waals surface area (Å²) in [6, 6.07) is 1.18. The van der Waals surface area contributed by atoms with Crippen LogP contribution in [0.3, 0.4) is 0 Å². The molecule has 0 fully saturated rings. The van der Waals surface area contributed by atoms with Gasteiger partial charge in [-0.25, -0.2) is 0 Å². The van der Waals surface area contributed by atoms with Crippen molar-refractivity contribution in [2.45, 2.75) is 32.5 Å². The summed E-state index contributed by atoms with van der Waals surface area (Å²) < 4.78 is 5.70. The second kappa shape index (κ2) is 6.45. The van der Waals surface area contributed by atoms with Crippen molar-refractivity contribution in [2.24, 2.45) is 5.73 Å². The Morgan fingerprint density at radius 1 is 1.54 bits per heavy atom. The maximum absolute atomic E-state index is 5.70. The van der Waals surface area contributed by atoms with Crippen molar-refractivity contribution in [3.8, 4) is 0 Å². The SMILES string of the molecule is CCO[Si](C)(C)CCCSC(N)=[NH2+]. The summed E-state index contributed by atoms with van der Waals surface area (Å²) in [5, 5.41) is 5.81. The van der Waals surface area contributed by atoms with E-state index in [1.807, 2.05) is 0 Å². The van der Waals surface area contributed by atoms with Crippen molar-refractivity contribution in [2.75, 3.05) is 12.4 Å². The first-order chi connectivity index (χ1) is 5.98. The predicted molar refractivity (Wildman–Crippen MR) is 62.1 cm³/mol. The maximum atomic E-state index is 5.70. The lowest BCUT2D eigenvalue weighted by atomic mass is 10.6. The highest BCUT2D eigenvalue weighted by Gasteiger charge is 2.20. The highest BCUT2D eigenvalue weighted by Crippen LogP contribution is 2.15. The van der Waals surface area contributed by atoms with Crippen LogP contribution in [0.5, 0.6) is 0 Å². The van der Waals surface area contributed by atoms with E-state index in [2.05, 4.69) is 20.0 Å². The minimum absolute atomic E-state index is 0.468. The molecule has 4 N–H and O–H groups in total. The van der Waals surface area contributed by atoms with Crippen molar-refractivity contribution in [1.82, 2.24) is 0 Å². The van der Waals surface area contributed by atoms with Crippen molar-refractivity contribution in [3.05, 3.63) is 0 Å². The molecular formula is C8H21N2OSSi+. The number of hydrogen-bond donors (Lipinski definition) is 2. The van der Waals surface area contributed by atoms with Crippen LogP contribution < -0.4 is 11.1 Å². The lowest BCUT2D eigenvalue weighted by molar-refractivity contribution is -0.110. The molecule has 0 unspecified atom stereocenters. The van der Waals surface area contributed by atoms with Crippen LogP contribution >= 0.6 is 11.8 Å². The van der Waals surface area contributed by atoms with E-state index in [1.54, 1.807) is 0 Å². The molecule has 0 rings (SSSR count). The largest absolute Gasteiger partial charge is 0.418 e. The van der Waals surface area contributed by atoms with E-state index in [0.717, 1.165) is 18.8 Å². The van der Waals surface area contributed by atoms with Crippen LogP contribution in [-0.4, -0.2) is 25.8 Å². The summed E-state index contributed by atoms with van der Waals surface area (Å²) in [6.07, 6.45) is 1.14. The quantitative estimate of drug-likeness (QED) is 0.296. The van der Waals surface area contributed by atoms with Crippen LogP contribution in [-0.2, 0) is 4.43 Å². The van der Waals surface area contributed by atoms with E-state index in [0.29, 0.717) is 5.17 Å². The van der Waals surface area contributed by atoms with Gasteiger partial charge < -0.3 is 4.43 Å². The van der Waals surface area contributed by atoms with Crippen LogP contribution in [0.4, 0.5) is 0 Å². The lowest BCUT2D eigenvalue weighted by Crippen LogP contribution is -2.43. The van der Waals surface area contributed by atoms with E-state index in [-0.39, 0.29) is 0 Å². The molecule has 3 nitrogen and oxygen atoms in total. The van der Waals surface area contributed by atoms with Gasteiger partial charge in [0.05, 0.1) is 0 Å². The minimum atomic E-state index is -1.38. The summed E-state index contributed by atoms with van der Waals surface area (Å²) >= 11 is 1.53. The van der Waals surface area contributed by atoms with Gasteiger partial charge in [-0.3, -0.25) is 11.1 Å². The van der Waals surface area contributed by atoms with Crippen LogP contribution in [0.1, 0.15) is 13.3 Å². The monoisotopic (exact) mass is 221 g/mol. The summed E-state index contributed by atoms with van der Waals surface area (Å²) in [7, 11) is -1.38. The van der Waals surface area contributed by atoms with E-state index in [9.17, 15) is 0 Å². The summed E-state index contributed by atoms with van der Waals surface area (Å²) in [5.74, 6) is 1.01. The average Bonchev–Trinajstić information content (AvgIpc) is 1.98. The second-order valence-corrected chi connectivity index (χ2v) is 9.02. The Balaban J connectivity index is 3.45. The van der Waals surface area contributed by atoms with Gasteiger partial charge in [-0.1, -0.05) is 0 Å².